The van der Waals surface area contributed by atoms with Crippen LogP contribution in [0, 0.1) is 0 Å². The van der Waals surface area contributed by atoms with Gasteiger partial charge in [-0.1, -0.05) is 74.0 Å². The van der Waals surface area contributed by atoms with Crippen LogP contribution in [0.15, 0.2) is 72.3 Å². The van der Waals surface area contributed by atoms with Crippen LogP contribution in [0.4, 0.5) is 0 Å². The number of carbonyl (C=O) groups excluding carboxylic acids is 1. The summed E-state index contributed by atoms with van der Waals surface area (Å²) in [7, 11) is 0. The second-order valence-corrected chi connectivity index (χ2v) is 6.79. The number of nitrogens with zero attached hydrogens (tertiary/aromatic N) is 1. The lowest BCUT2D eigenvalue weighted by Crippen LogP contribution is -2.26. The summed E-state index contributed by atoms with van der Waals surface area (Å²) in [4.78, 5) is 14.7. The van der Waals surface area contributed by atoms with Crippen LogP contribution in [0.5, 0.6) is 0 Å². The summed E-state index contributed by atoms with van der Waals surface area (Å²) in [5, 5.41) is 0. The molecule has 0 spiro atoms. The van der Waals surface area contributed by atoms with Crippen molar-refractivity contribution in [2.24, 2.45) is 0 Å². The number of hydrogen-bond acceptors (Lipinski definition) is 1. The fraction of sp³-hybridized carbons (Fsp3) is 0.292. The van der Waals surface area contributed by atoms with E-state index in [-0.39, 0.29) is 5.91 Å². The summed E-state index contributed by atoms with van der Waals surface area (Å²) in [6.07, 6.45) is 8.22. The summed E-state index contributed by atoms with van der Waals surface area (Å²) in [6.45, 7) is 3.94. The number of rotatable bonds is 6. The van der Waals surface area contributed by atoms with Gasteiger partial charge in [-0.15, -0.1) is 0 Å². The van der Waals surface area contributed by atoms with Crippen LogP contribution in [-0.2, 0) is 4.79 Å². The van der Waals surface area contributed by atoms with Gasteiger partial charge in [0.25, 0.3) is 0 Å². The Morgan fingerprint density at radius 2 is 1.58 bits per heavy atom. The summed E-state index contributed by atoms with van der Waals surface area (Å²) in [5.41, 5.74) is 4.58. The first kappa shape index (κ1) is 18.2. The molecule has 0 atom stereocenters. The van der Waals surface area contributed by atoms with Gasteiger partial charge in [-0.3, -0.25) is 4.79 Å². The molecule has 2 heteroatoms. The van der Waals surface area contributed by atoms with E-state index in [4.69, 9.17) is 0 Å². The average molecular weight is 345 g/mol. The highest BCUT2D eigenvalue weighted by Crippen LogP contribution is 2.29. The lowest BCUT2D eigenvalue weighted by molar-refractivity contribution is -0.125. The van der Waals surface area contributed by atoms with E-state index in [1.54, 1.807) is 0 Å². The highest BCUT2D eigenvalue weighted by molar-refractivity contribution is 5.97. The van der Waals surface area contributed by atoms with Gasteiger partial charge < -0.3 is 4.90 Å². The number of hydrogen-bond donors (Lipinski definition) is 0. The molecule has 3 rings (SSSR count). The molecule has 0 unspecified atom stereocenters. The Balaban J connectivity index is 2.02. The standard InChI is InChI=1S/C24H27NO/c1-2-11-22(19-24(26)25-16-9-10-17-25)23(21-14-7-4-8-15-21)18-20-12-5-3-6-13-20/h3-8,12-15,18-19H,2,9-11,16-17H2,1H3/b22-19-,23-18-. The highest BCUT2D eigenvalue weighted by Gasteiger charge is 2.18. The summed E-state index contributed by atoms with van der Waals surface area (Å²) < 4.78 is 0. The highest BCUT2D eigenvalue weighted by atomic mass is 16.2. The van der Waals surface area contributed by atoms with Crippen molar-refractivity contribution < 1.29 is 4.79 Å². The van der Waals surface area contributed by atoms with Gasteiger partial charge in [0.05, 0.1) is 0 Å². The van der Waals surface area contributed by atoms with E-state index in [9.17, 15) is 4.79 Å². The van der Waals surface area contributed by atoms with E-state index in [2.05, 4.69) is 49.4 Å². The average Bonchev–Trinajstić information content (AvgIpc) is 3.22. The van der Waals surface area contributed by atoms with Crippen molar-refractivity contribution in [1.29, 1.82) is 0 Å². The van der Waals surface area contributed by atoms with Crippen molar-refractivity contribution in [3.05, 3.63) is 83.4 Å². The largest absolute Gasteiger partial charge is 0.339 e. The van der Waals surface area contributed by atoms with Crippen LogP contribution < -0.4 is 0 Å². The van der Waals surface area contributed by atoms with Crippen LogP contribution in [0.2, 0.25) is 0 Å². The lowest BCUT2D eigenvalue weighted by Gasteiger charge is -2.16. The fourth-order valence-corrected chi connectivity index (χ4v) is 3.43. The van der Waals surface area contributed by atoms with E-state index in [0.29, 0.717) is 0 Å². The van der Waals surface area contributed by atoms with E-state index in [1.807, 2.05) is 35.2 Å². The van der Waals surface area contributed by atoms with Gasteiger partial charge in [0.2, 0.25) is 5.91 Å². The number of benzene rings is 2. The Labute approximate surface area is 156 Å². The second-order valence-electron chi connectivity index (χ2n) is 6.79. The van der Waals surface area contributed by atoms with E-state index in [1.165, 1.54) is 0 Å². The minimum Gasteiger partial charge on any atom is -0.339 e. The van der Waals surface area contributed by atoms with Gasteiger partial charge in [-0.25, -0.2) is 0 Å². The zero-order valence-corrected chi connectivity index (χ0v) is 15.5. The zero-order valence-electron chi connectivity index (χ0n) is 15.5. The summed E-state index contributed by atoms with van der Waals surface area (Å²) >= 11 is 0. The predicted molar refractivity (Wildman–Crippen MR) is 110 cm³/mol. The minimum absolute atomic E-state index is 0.154. The molecule has 0 radical (unpaired) electrons. The van der Waals surface area contributed by atoms with E-state index < -0.39 is 0 Å². The molecular formula is C24H27NO. The zero-order chi connectivity index (χ0) is 18.2. The molecule has 1 fully saturated rings. The molecule has 0 bridgehead atoms. The molecule has 134 valence electrons. The van der Waals surface area contributed by atoms with Gasteiger partial charge in [-0.05, 0) is 47.6 Å². The SMILES string of the molecule is CCCC(=C/C(=O)N1CCCC1)/C(=C\c1ccccc1)c1ccccc1. The van der Waals surface area contributed by atoms with Gasteiger partial charge in [0.15, 0.2) is 0 Å². The van der Waals surface area contributed by atoms with Crippen LogP contribution in [0.25, 0.3) is 11.6 Å². The van der Waals surface area contributed by atoms with Crippen molar-refractivity contribution in [2.45, 2.75) is 32.6 Å². The topological polar surface area (TPSA) is 20.3 Å². The minimum atomic E-state index is 0.154. The third-order valence-corrected chi connectivity index (χ3v) is 4.78. The molecule has 1 aliphatic heterocycles. The summed E-state index contributed by atoms with van der Waals surface area (Å²) in [6, 6.07) is 20.7. The normalized spacial score (nSPS) is 15.3. The van der Waals surface area contributed by atoms with Crippen LogP contribution in [-0.4, -0.2) is 23.9 Å². The molecular weight excluding hydrogens is 318 g/mol. The van der Waals surface area contributed by atoms with Crippen molar-refractivity contribution in [2.75, 3.05) is 13.1 Å². The van der Waals surface area contributed by atoms with Crippen molar-refractivity contribution >= 4 is 17.6 Å². The molecule has 0 aromatic heterocycles. The third kappa shape index (κ3) is 4.72. The van der Waals surface area contributed by atoms with Gasteiger partial charge in [0, 0.05) is 19.2 Å². The van der Waals surface area contributed by atoms with Gasteiger partial charge in [-0.2, -0.15) is 0 Å². The van der Waals surface area contributed by atoms with Crippen LogP contribution in [0.3, 0.4) is 0 Å². The molecule has 2 aromatic carbocycles. The Morgan fingerprint density at radius 1 is 0.962 bits per heavy atom. The predicted octanol–water partition coefficient (Wildman–Crippen LogP) is 5.58. The quantitative estimate of drug-likeness (QED) is 0.380. The van der Waals surface area contributed by atoms with E-state index in [0.717, 1.165) is 61.0 Å². The number of likely N-dealkylation sites (tertiary alicyclic amines) is 1. The molecule has 1 heterocycles. The van der Waals surface area contributed by atoms with E-state index >= 15 is 0 Å². The van der Waals surface area contributed by atoms with Crippen LogP contribution >= 0.6 is 0 Å². The third-order valence-electron chi connectivity index (χ3n) is 4.78. The first-order chi connectivity index (χ1) is 12.8. The van der Waals surface area contributed by atoms with Gasteiger partial charge >= 0.3 is 0 Å². The van der Waals surface area contributed by atoms with Crippen LogP contribution in [0.1, 0.15) is 43.7 Å². The monoisotopic (exact) mass is 345 g/mol. The molecule has 1 aliphatic rings. The molecule has 1 amide bonds. The molecule has 2 aromatic rings. The Hall–Kier alpha value is -2.61. The Morgan fingerprint density at radius 3 is 2.19 bits per heavy atom. The van der Waals surface area contributed by atoms with Crippen molar-refractivity contribution in [3.63, 3.8) is 0 Å². The Bertz CT molecular complexity index is 768. The molecule has 0 saturated carbocycles. The maximum atomic E-state index is 12.7. The Kier molecular flexibility index (Phi) is 6.43. The molecule has 0 N–H and O–H groups in total. The van der Waals surface area contributed by atoms with Crippen molar-refractivity contribution in [3.8, 4) is 0 Å². The first-order valence-corrected chi connectivity index (χ1v) is 9.60. The first-order valence-electron chi connectivity index (χ1n) is 9.60. The molecule has 2 nitrogen and oxygen atoms in total. The smallest absolute Gasteiger partial charge is 0.246 e. The fourth-order valence-electron chi connectivity index (χ4n) is 3.43. The maximum absolute atomic E-state index is 12.7. The lowest BCUT2D eigenvalue weighted by atomic mass is 9.92. The van der Waals surface area contributed by atoms with Gasteiger partial charge in [0.1, 0.15) is 0 Å². The van der Waals surface area contributed by atoms with Crippen molar-refractivity contribution in [1.82, 2.24) is 4.90 Å². The summed E-state index contributed by atoms with van der Waals surface area (Å²) in [5.74, 6) is 0.154. The molecule has 1 saturated heterocycles. The number of amides is 1. The molecule has 0 aliphatic carbocycles. The second kappa shape index (κ2) is 9.19. The maximum Gasteiger partial charge on any atom is 0.246 e. The number of allylic oxidation sites excluding steroid dienone is 2. The number of carbonyl (C=O) groups is 1. The molecule has 26 heavy (non-hydrogen) atoms.